The van der Waals surface area contributed by atoms with Crippen LogP contribution in [0.5, 0.6) is 0 Å². The molecule has 2 aromatic carbocycles. The average molecular weight is 468 g/mol. The highest BCUT2D eigenvalue weighted by Gasteiger charge is 2.35. The van der Waals surface area contributed by atoms with Crippen molar-refractivity contribution in [1.29, 1.82) is 5.26 Å². The Morgan fingerprint density at radius 1 is 1.14 bits per heavy atom. The van der Waals surface area contributed by atoms with E-state index in [1.165, 1.54) is 0 Å². The quantitative estimate of drug-likeness (QED) is 0.306. The van der Waals surface area contributed by atoms with Gasteiger partial charge in [0.2, 0.25) is 5.91 Å². The molecule has 8 heteroatoms. The number of nitrogens with one attached hydrogen (secondary N) is 1. The largest absolute Gasteiger partial charge is 0.392 e. The molecule has 176 valence electrons. The summed E-state index contributed by atoms with van der Waals surface area (Å²) in [6, 6.07) is 19.5. The number of para-hydroxylation sites is 2. The van der Waals surface area contributed by atoms with Gasteiger partial charge < -0.3 is 19.6 Å². The molecule has 1 N–H and O–H groups in total. The van der Waals surface area contributed by atoms with Crippen LogP contribution in [0.2, 0.25) is 0 Å². The Morgan fingerprint density at radius 2 is 1.89 bits per heavy atom. The lowest BCUT2D eigenvalue weighted by molar-refractivity contribution is -0.117. The van der Waals surface area contributed by atoms with Gasteiger partial charge in [-0.15, -0.1) is 0 Å². The van der Waals surface area contributed by atoms with E-state index in [0.717, 1.165) is 5.69 Å². The van der Waals surface area contributed by atoms with E-state index >= 15 is 0 Å². The highest BCUT2D eigenvalue weighted by atomic mass is 16.6. The molecule has 35 heavy (non-hydrogen) atoms. The fraction of sp³-hybridized carbons (Fsp3) is 0.185. The fourth-order valence-electron chi connectivity index (χ4n) is 4.01. The monoisotopic (exact) mass is 467 g/mol. The lowest BCUT2D eigenvalue weighted by atomic mass is 10.1. The Kier molecular flexibility index (Phi) is 7.38. The predicted molar refractivity (Wildman–Crippen MR) is 133 cm³/mol. The van der Waals surface area contributed by atoms with Gasteiger partial charge in [-0.2, -0.15) is 5.26 Å². The van der Waals surface area contributed by atoms with Crippen molar-refractivity contribution in [3.63, 3.8) is 0 Å². The minimum absolute atomic E-state index is 0.0997. The minimum atomic E-state index is -0.386. The molecule has 1 unspecified atom stereocenters. The molecule has 1 aliphatic heterocycles. The highest BCUT2D eigenvalue weighted by molar-refractivity contribution is 6.02. The van der Waals surface area contributed by atoms with Crippen molar-refractivity contribution in [2.24, 2.45) is 5.16 Å². The number of anilines is 1. The van der Waals surface area contributed by atoms with Crippen LogP contribution in [-0.4, -0.2) is 46.2 Å². The predicted octanol–water partition coefficient (Wildman–Crippen LogP) is 4.15. The van der Waals surface area contributed by atoms with Crippen LogP contribution >= 0.6 is 0 Å². The molecule has 0 radical (unpaired) electrons. The van der Waals surface area contributed by atoms with Crippen LogP contribution in [0.4, 0.5) is 5.69 Å². The first-order valence-electron chi connectivity index (χ1n) is 11.2. The van der Waals surface area contributed by atoms with Gasteiger partial charge >= 0.3 is 0 Å². The van der Waals surface area contributed by atoms with Crippen molar-refractivity contribution in [2.45, 2.75) is 18.9 Å². The van der Waals surface area contributed by atoms with Crippen molar-refractivity contribution in [3.8, 4) is 11.8 Å². The van der Waals surface area contributed by atoms with Crippen LogP contribution in [0.15, 0.2) is 90.9 Å². The molecule has 0 aliphatic carbocycles. The Balaban J connectivity index is 1.52. The fourth-order valence-corrected chi connectivity index (χ4v) is 4.01. The van der Waals surface area contributed by atoms with Crippen molar-refractivity contribution in [2.75, 3.05) is 18.5 Å². The first-order valence-corrected chi connectivity index (χ1v) is 11.2. The van der Waals surface area contributed by atoms with Crippen LogP contribution in [0.25, 0.3) is 5.69 Å². The van der Waals surface area contributed by atoms with Gasteiger partial charge in [-0.1, -0.05) is 29.9 Å². The molecule has 1 aromatic heterocycles. The first kappa shape index (κ1) is 23.5. The molecule has 3 aromatic rings. The van der Waals surface area contributed by atoms with E-state index in [9.17, 15) is 9.59 Å². The van der Waals surface area contributed by atoms with Crippen LogP contribution in [0, 0.1) is 11.3 Å². The third-order valence-corrected chi connectivity index (χ3v) is 5.65. The van der Waals surface area contributed by atoms with Gasteiger partial charge in [0.15, 0.2) is 0 Å². The van der Waals surface area contributed by atoms with E-state index in [1.807, 2.05) is 59.4 Å². The van der Waals surface area contributed by atoms with Crippen LogP contribution < -0.4 is 5.32 Å². The van der Waals surface area contributed by atoms with Crippen LogP contribution in [-0.2, 0) is 9.63 Å². The van der Waals surface area contributed by atoms with Crippen LogP contribution in [0.1, 0.15) is 28.8 Å². The van der Waals surface area contributed by atoms with Crippen molar-refractivity contribution in [3.05, 3.63) is 96.8 Å². The summed E-state index contributed by atoms with van der Waals surface area (Å²) in [6.07, 6.45) is 5.93. The first-order chi connectivity index (χ1) is 17.1. The average Bonchev–Trinajstić information content (AvgIpc) is 3.55. The summed E-state index contributed by atoms with van der Waals surface area (Å²) >= 11 is 0. The molecule has 1 fully saturated rings. The van der Waals surface area contributed by atoms with Gasteiger partial charge in [0.1, 0.15) is 6.61 Å². The molecule has 8 nitrogen and oxygen atoms in total. The molecule has 4 rings (SSSR count). The zero-order chi connectivity index (χ0) is 24.6. The highest BCUT2D eigenvalue weighted by Crippen LogP contribution is 2.24. The maximum Gasteiger partial charge on any atom is 0.254 e. The molecule has 0 bridgehead atoms. The summed E-state index contributed by atoms with van der Waals surface area (Å²) in [6.45, 7) is 4.12. The number of carbonyl (C=O) groups is 2. The number of amides is 2. The second-order valence-corrected chi connectivity index (χ2v) is 8.08. The van der Waals surface area contributed by atoms with E-state index in [2.05, 4.69) is 17.1 Å². The summed E-state index contributed by atoms with van der Waals surface area (Å²) in [7, 11) is 0. The van der Waals surface area contributed by atoms with Crippen molar-refractivity contribution in [1.82, 2.24) is 9.47 Å². The van der Waals surface area contributed by atoms with Gasteiger partial charge in [-0.05, 0) is 48.5 Å². The zero-order valence-electron chi connectivity index (χ0n) is 19.1. The van der Waals surface area contributed by atoms with Gasteiger partial charge in [0.25, 0.3) is 5.91 Å². The number of hydrogen-bond acceptors (Lipinski definition) is 5. The van der Waals surface area contributed by atoms with Crippen molar-refractivity contribution < 1.29 is 14.4 Å². The summed E-state index contributed by atoms with van der Waals surface area (Å²) in [5.74, 6) is -0.436. The number of nitriles is 1. The second-order valence-electron chi connectivity index (χ2n) is 8.08. The number of nitrogens with zero attached hydrogens (tertiary/aromatic N) is 4. The lowest BCUT2D eigenvalue weighted by Gasteiger charge is -2.24. The minimum Gasteiger partial charge on any atom is -0.392 e. The summed E-state index contributed by atoms with van der Waals surface area (Å²) in [5, 5.41) is 16.1. The van der Waals surface area contributed by atoms with E-state index < -0.39 is 0 Å². The molecule has 0 spiro atoms. The normalized spacial score (nSPS) is 16.0. The Hall–Kier alpha value is -4.64. The number of hydrogen-bond donors (Lipinski definition) is 1. The summed E-state index contributed by atoms with van der Waals surface area (Å²) < 4.78 is 1.92. The summed E-state index contributed by atoms with van der Waals surface area (Å²) in [5.41, 5.74) is 3.13. The Labute approximate surface area is 203 Å². The molecular formula is C27H25N5O3. The zero-order valence-corrected chi connectivity index (χ0v) is 19.1. The third kappa shape index (κ3) is 5.65. The van der Waals surface area contributed by atoms with Crippen LogP contribution in [0.3, 0.4) is 0 Å². The maximum atomic E-state index is 13.3. The van der Waals surface area contributed by atoms with Crippen molar-refractivity contribution >= 4 is 23.2 Å². The molecule has 1 atom stereocenters. The van der Waals surface area contributed by atoms with Gasteiger partial charge in [0, 0.05) is 36.8 Å². The van der Waals surface area contributed by atoms with E-state index in [0.29, 0.717) is 28.9 Å². The summed E-state index contributed by atoms with van der Waals surface area (Å²) in [4.78, 5) is 33.2. The van der Waals surface area contributed by atoms with Gasteiger partial charge in [-0.25, -0.2) is 0 Å². The molecule has 1 aliphatic rings. The number of aromatic nitrogens is 1. The number of oxime groups is 1. The molecular weight excluding hydrogens is 442 g/mol. The molecule has 1 saturated heterocycles. The van der Waals surface area contributed by atoms with Gasteiger partial charge in [-0.3, -0.25) is 9.59 Å². The van der Waals surface area contributed by atoms with E-state index in [4.69, 9.17) is 10.1 Å². The second kappa shape index (κ2) is 11.0. The third-order valence-electron chi connectivity index (χ3n) is 5.65. The van der Waals surface area contributed by atoms with E-state index in [1.54, 1.807) is 35.2 Å². The maximum absolute atomic E-state index is 13.3. The Morgan fingerprint density at radius 3 is 2.60 bits per heavy atom. The number of rotatable bonds is 8. The smallest absolute Gasteiger partial charge is 0.254 e. The molecule has 0 saturated carbocycles. The number of benzene rings is 2. The standard InChI is InChI=1S/C27H25N5O3/c1-2-15-35-30-22-16-23(32(19-22)27(34)21-11-9-20(18-28)10-12-21)17-26(33)29-24-7-3-4-8-25(24)31-13-5-6-14-31/h2-14,23H,1,15-17,19H2,(H,29,33). The lowest BCUT2D eigenvalue weighted by Crippen LogP contribution is -2.38. The number of carbonyl (C=O) groups excluding carboxylic acids is 2. The van der Waals surface area contributed by atoms with Gasteiger partial charge in [0.05, 0.1) is 35.3 Å². The Bertz CT molecular complexity index is 1270. The molecule has 2 amide bonds. The topological polar surface area (TPSA) is 99.7 Å². The van der Waals surface area contributed by atoms with E-state index in [-0.39, 0.29) is 37.4 Å². The molecule has 2 heterocycles. The number of likely N-dealkylation sites (tertiary alicyclic amines) is 1. The SMILES string of the molecule is C=CCON=C1CC(CC(=O)Nc2ccccc2-n2cccc2)N(C(=O)c2ccc(C#N)cc2)C1.